The van der Waals surface area contributed by atoms with Crippen LogP contribution >= 0.6 is 0 Å². The van der Waals surface area contributed by atoms with Gasteiger partial charge in [0.15, 0.2) is 0 Å². The number of aryl methyl sites for hydroxylation is 1. The minimum absolute atomic E-state index is 0.746. The largest absolute Gasteiger partial charge is 0.383 e. The zero-order valence-corrected chi connectivity index (χ0v) is 16.0. The van der Waals surface area contributed by atoms with Crippen LogP contribution in [0.4, 0.5) is 0 Å². The van der Waals surface area contributed by atoms with Gasteiger partial charge in [0.05, 0.1) is 13.2 Å². The maximum absolute atomic E-state index is 5.21. The molecule has 0 amide bonds. The van der Waals surface area contributed by atoms with E-state index in [1.165, 1.54) is 31.5 Å². The molecule has 0 aliphatic carbocycles. The molecule has 0 saturated carbocycles. The third-order valence-corrected chi connectivity index (χ3v) is 5.28. The first-order valence-corrected chi connectivity index (χ1v) is 9.53. The summed E-state index contributed by atoms with van der Waals surface area (Å²) in [5.74, 6) is 1.87. The van der Waals surface area contributed by atoms with Crippen LogP contribution in [0.25, 0.3) is 0 Å². The summed E-state index contributed by atoms with van der Waals surface area (Å²) in [5, 5.41) is 0. The van der Waals surface area contributed by atoms with Crippen LogP contribution in [0.3, 0.4) is 0 Å². The second-order valence-electron chi connectivity index (χ2n) is 7.26. The molecule has 2 aromatic heterocycles. The monoisotopic (exact) mass is 357 g/mol. The van der Waals surface area contributed by atoms with E-state index in [-0.39, 0.29) is 0 Å². The van der Waals surface area contributed by atoms with Crippen molar-refractivity contribution in [2.75, 3.05) is 39.9 Å². The molecule has 1 saturated heterocycles. The van der Waals surface area contributed by atoms with Gasteiger partial charge in [-0.2, -0.15) is 0 Å². The van der Waals surface area contributed by atoms with Crippen LogP contribution in [-0.2, 0) is 24.9 Å². The molecular weight excluding hydrogens is 326 g/mol. The number of methoxy groups -OCH3 is 1. The summed E-state index contributed by atoms with van der Waals surface area (Å²) in [5.41, 5.74) is 1.31. The summed E-state index contributed by atoms with van der Waals surface area (Å²) in [7, 11) is 3.85. The summed E-state index contributed by atoms with van der Waals surface area (Å²) in [6.07, 6.45) is 10.2. The Kier molecular flexibility index (Phi) is 7.17. The smallest absolute Gasteiger partial charge is 0.122 e. The predicted octanol–water partition coefficient (Wildman–Crippen LogP) is 2.18. The first-order chi connectivity index (χ1) is 12.7. The molecule has 1 aliphatic heterocycles. The number of pyridine rings is 1. The fourth-order valence-corrected chi connectivity index (χ4v) is 3.66. The molecule has 142 valence electrons. The fourth-order valence-electron chi connectivity index (χ4n) is 3.66. The Morgan fingerprint density at radius 1 is 1.15 bits per heavy atom. The molecule has 6 nitrogen and oxygen atoms in total. The van der Waals surface area contributed by atoms with Gasteiger partial charge in [-0.15, -0.1) is 0 Å². The molecule has 3 rings (SSSR count). The van der Waals surface area contributed by atoms with Crippen molar-refractivity contribution >= 4 is 0 Å². The standard InChI is InChI=1S/C20H31N5O/c1-23-12-9-22-20(23)17-25(15-18-3-7-21-8-4-18)16-19-5-10-24(11-6-19)13-14-26-2/h3-4,7-9,12,19H,5-6,10-11,13-17H2,1-2H3. The van der Waals surface area contributed by atoms with Gasteiger partial charge < -0.3 is 14.2 Å². The van der Waals surface area contributed by atoms with Gasteiger partial charge in [-0.25, -0.2) is 4.98 Å². The van der Waals surface area contributed by atoms with Crippen molar-refractivity contribution in [3.8, 4) is 0 Å². The zero-order valence-electron chi connectivity index (χ0n) is 16.0. The highest BCUT2D eigenvalue weighted by molar-refractivity contribution is 5.09. The van der Waals surface area contributed by atoms with Crippen molar-refractivity contribution in [3.63, 3.8) is 0 Å². The van der Waals surface area contributed by atoms with E-state index < -0.39 is 0 Å². The Bertz CT molecular complexity index is 637. The molecule has 0 aromatic carbocycles. The van der Waals surface area contributed by atoms with Crippen LogP contribution in [0.2, 0.25) is 0 Å². The Balaban J connectivity index is 1.58. The molecule has 0 atom stereocenters. The van der Waals surface area contributed by atoms with Gasteiger partial charge in [0.1, 0.15) is 5.82 Å². The highest BCUT2D eigenvalue weighted by Gasteiger charge is 2.22. The van der Waals surface area contributed by atoms with Crippen LogP contribution in [0.1, 0.15) is 24.2 Å². The number of aromatic nitrogens is 3. The van der Waals surface area contributed by atoms with Crippen LogP contribution in [0.5, 0.6) is 0 Å². The molecule has 1 fully saturated rings. The molecule has 26 heavy (non-hydrogen) atoms. The molecule has 0 bridgehead atoms. The summed E-state index contributed by atoms with van der Waals surface area (Å²) in [6.45, 7) is 7.19. The molecule has 0 spiro atoms. The van der Waals surface area contributed by atoms with Crippen molar-refractivity contribution in [2.45, 2.75) is 25.9 Å². The van der Waals surface area contributed by atoms with Gasteiger partial charge >= 0.3 is 0 Å². The summed E-state index contributed by atoms with van der Waals surface area (Å²) in [4.78, 5) is 13.7. The lowest BCUT2D eigenvalue weighted by atomic mass is 9.96. The minimum Gasteiger partial charge on any atom is -0.383 e. The number of rotatable bonds is 9. The number of imidazole rings is 1. The molecule has 2 aromatic rings. The third-order valence-electron chi connectivity index (χ3n) is 5.28. The van der Waals surface area contributed by atoms with Crippen LogP contribution < -0.4 is 0 Å². The maximum atomic E-state index is 5.21. The van der Waals surface area contributed by atoms with E-state index in [9.17, 15) is 0 Å². The fraction of sp³-hybridized carbons (Fsp3) is 0.600. The Labute approximate surface area is 156 Å². The van der Waals surface area contributed by atoms with E-state index in [0.29, 0.717) is 0 Å². The van der Waals surface area contributed by atoms with Crippen molar-refractivity contribution in [3.05, 3.63) is 48.3 Å². The first-order valence-electron chi connectivity index (χ1n) is 9.53. The average molecular weight is 358 g/mol. The molecule has 0 unspecified atom stereocenters. The molecule has 3 heterocycles. The van der Waals surface area contributed by atoms with Gasteiger partial charge in [0.2, 0.25) is 0 Å². The number of ether oxygens (including phenoxy) is 1. The summed E-state index contributed by atoms with van der Waals surface area (Å²) < 4.78 is 7.33. The second-order valence-corrected chi connectivity index (χ2v) is 7.26. The molecule has 6 heteroatoms. The van der Waals surface area contributed by atoms with Gasteiger partial charge in [0, 0.05) is 58.6 Å². The summed E-state index contributed by atoms with van der Waals surface area (Å²) >= 11 is 0. The Morgan fingerprint density at radius 2 is 1.92 bits per heavy atom. The Morgan fingerprint density at radius 3 is 2.58 bits per heavy atom. The average Bonchev–Trinajstić information content (AvgIpc) is 3.06. The molecule has 1 aliphatic rings. The lowest BCUT2D eigenvalue weighted by Crippen LogP contribution is -2.39. The van der Waals surface area contributed by atoms with Crippen LogP contribution in [0.15, 0.2) is 36.9 Å². The molecule has 0 N–H and O–H groups in total. The predicted molar refractivity (Wildman–Crippen MR) is 103 cm³/mol. The molecular formula is C20H31N5O. The quantitative estimate of drug-likeness (QED) is 0.688. The third kappa shape index (κ3) is 5.62. The number of piperidine rings is 1. The van der Waals surface area contributed by atoms with Crippen molar-refractivity contribution in [2.24, 2.45) is 13.0 Å². The number of nitrogens with zero attached hydrogens (tertiary/aromatic N) is 5. The lowest BCUT2D eigenvalue weighted by Gasteiger charge is -2.34. The topological polar surface area (TPSA) is 46.4 Å². The van der Waals surface area contributed by atoms with Gasteiger partial charge in [0.25, 0.3) is 0 Å². The number of hydrogen-bond donors (Lipinski definition) is 0. The minimum atomic E-state index is 0.746. The summed E-state index contributed by atoms with van der Waals surface area (Å²) in [6, 6.07) is 4.22. The van der Waals surface area contributed by atoms with Gasteiger partial charge in [-0.3, -0.25) is 9.88 Å². The highest BCUT2D eigenvalue weighted by atomic mass is 16.5. The van der Waals surface area contributed by atoms with Crippen molar-refractivity contribution in [1.82, 2.24) is 24.3 Å². The van der Waals surface area contributed by atoms with E-state index in [2.05, 4.69) is 43.5 Å². The van der Waals surface area contributed by atoms with E-state index in [1.807, 2.05) is 24.8 Å². The molecule has 0 radical (unpaired) electrons. The van der Waals surface area contributed by atoms with Gasteiger partial charge in [-0.05, 0) is 49.5 Å². The lowest BCUT2D eigenvalue weighted by molar-refractivity contribution is 0.103. The normalized spacial score (nSPS) is 16.4. The van der Waals surface area contributed by atoms with Crippen LogP contribution in [-0.4, -0.2) is 64.2 Å². The SMILES string of the molecule is COCCN1CCC(CN(Cc2ccncc2)Cc2nccn2C)CC1. The number of hydrogen-bond acceptors (Lipinski definition) is 5. The van der Waals surface area contributed by atoms with E-state index in [0.717, 1.165) is 44.5 Å². The van der Waals surface area contributed by atoms with E-state index in [1.54, 1.807) is 7.11 Å². The first kappa shape index (κ1) is 19.0. The van der Waals surface area contributed by atoms with E-state index >= 15 is 0 Å². The number of likely N-dealkylation sites (tertiary alicyclic amines) is 1. The van der Waals surface area contributed by atoms with Gasteiger partial charge in [-0.1, -0.05) is 0 Å². The zero-order chi connectivity index (χ0) is 18.2. The second kappa shape index (κ2) is 9.80. The van der Waals surface area contributed by atoms with E-state index in [4.69, 9.17) is 4.74 Å². The van der Waals surface area contributed by atoms with Crippen LogP contribution in [0, 0.1) is 5.92 Å². The maximum Gasteiger partial charge on any atom is 0.122 e. The van der Waals surface area contributed by atoms with Crippen molar-refractivity contribution in [1.29, 1.82) is 0 Å². The highest BCUT2D eigenvalue weighted by Crippen LogP contribution is 2.20. The van der Waals surface area contributed by atoms with Crippen molar-refractivity contribution < 1.29 is 4.74 Å². The Hall–Kier alpha value is -1.76.